The van der Waals surface area contributed by atoms with E-state index in [1.165, 1.54) is 7.11 Å². The van der Waals surface area contributed by atoms with Crippen LogP contribution in [0, 0.1) is 0 Å². The van der Waals surface area contributed by atoms with Gasteiger partial charge in [-0.3, -0.25) is 10.1 Å². The van der Waals surface area contributed by atoms with E-state index in [1.54, 1.807) is 0 Å². The second-order valence-corrected chi connectivity index (χ2v) is 4.03. The Bertz CT molecular complexity index is 266. The molecule has 7 heteroatoms. The zero-order valence-electron chi connectivity index (χ0n) is 9.71. The SMILES string of the molecule is COC(=O)C(COC(C)C(F)(F)F)NC1CC1. The first-order valence-corrected chi connectivity index (χ1v) is 5.36. The Hall–Kier alpha value is -0.820. The third-order valence-electron chi connectivity index (χ3n) is 2.47. The molecule has 0 aliphatic heterocycles. The van der Waals surface area contributed by atoms with Crippen molar-refractivity contribution in [3.05, 3.63) is 0 Å². The lowest BCUT2D eigenvalue weighted by atomic mass is 10.3. The van der Waals surface area contributed by atoms with E-state index >= 15 is 0 Å². The van der Waals surface area contributed by atoms with Crippen molar-refractivity contribution in [2.75, 3.05) is 13.7 Å². The van der Waals surface area contributed by atoms with Crippen molar-refractivity contribution in [2.24, 2.45) is 0 Å². The third kappa shape index (κ3) is 4.91. The van der Waals surface area contributed by atoms with Gasteiger partial charge in [0.1, 0.15) is 6.04 Å². The fourth-order valence-corrected chi connectivity index (χ4v) is 1.20. The lowest BCUT2D eigenvalue weighted by Gasteiger charge is -2.21. The van der Waals surface area contributed by atoms with Crippen molar-refractivity contribution >= 4 is 5.97 Å². The molecule has 1 aliphatic rings. The predicted octanol–water partition coefficient (Wildman–Crippen LogP) is 1.25. The molecule has 0 aromatic carbocycles. The van der Waals surface area contributed by atoms with Crippen LogP contribution in [0.4, 0.5) is 13.2 Å². The molecule has 1 N–H and O–H groups in total. The van der Waals surface area contributed by atoms with Gasteiger partial charge in [-0.1, -0.05) is 0 Å². The van der Waals surface area contributed by atoms with Gasteiger partial charge in [-0.2, -0.15) is 13.2 Å². The summed E-state index contributed by atoms with van der Waals surface area (Å²) in [6.07, 6.45) is -4.47. The summed E-state index contributed by atoms with van der Waals surface area (Å²) in [4.78, 5) is 11.3. The zero-order valence-corrected chi connectivity index (χ0v) is 9.71. The molecule has 1 fully saturated rings. The summed E-state index contributed by atoms with van der Waals surface area (Å²) >= 11 is 0. The van der Waals surface area contributed by atoms with Gasteiger partial charge in [0.25, 0.3) is 0 Å². The van der Waals surface area contributed by atoms with Gasteiger partial charge in [-0.15, -0.1) is 0 Å². The molecule has 0 radical (unpaired) electrons. The molecule has 0 amide bonds. The van der Waals surface area contributed by atoms with E-state index in [4.69, 9.17) is 0 Å². The van der Waals surface area contributed by atoms with Crippen LogP contribution in [0.5, 0.6) is 0 Å². The fourth-order valence-electron chi connectivity index (χ4n) is 1.20. The van der Waals surface area contributed by atoms with E-state index in [0.29, 0.717) is 0 Å². The van der Waals surface area contributed by atoms with Gasteiger partial charge >= 0.3 is 12.1 Å². The van der Waals surface area contributed by atoms with Crippen molar-refractivity contribution in [3.8, 4) is 0 Å². The first kappa shape index (κ1) is 14.2. The summed E-state index contributed by atoms with van der Waals surface area (Å²) in [7, 11) is 1.19. The van der Waals surface area contributed by atoms with E-state index in [-0.39, 0.29) is 12.6 Å². The number of halogens is 3. The number of rotatable bonds is 6. The number of hydrogen-bond donors (Lipinski definition) is 1. The van der Waals surface area contributed by atoms with Crippen LogP contribution in [0.3, 0.4) is 0 Å². The summed E-state index contributed by atoms with van der Waals surface area (Å²) < 4.78 is 45.7. The van der Waals surface area contributed by atoms with Crippen molar-refractivity contribution in [1.29, 1.82) is 0 Å². The zero-order chi connectivity index (χ0) is 13.1. The van der Waals surface area contributed by atoms with Crippen LogP contribution < -0.4 is 5.32 Å². The van der Waals surface area contributed by atoms with Gasteiger partial charge in [0.05, 0.1) is 13.7 Å². The molecule has 0 bridgehead atoms. The maximum atomic E-state index is 12.2. The molecule has 1 rings (SSSR count). The molecular formula is C10H16F3NO3. The van der Waals surface area contributed by atoms with Crippen molar-refractivity contribution in [3.63, 3.8) is 0 Å². The highest BCUT2D eigenvalue weighted by molar-refractivity contribution is 5.75. The minimum absolute atomic E-state index is 0.184. The van der Waals surface area contributed by atoms with E-state index in [9.17, 15) is 18.0 Å². The Morgan fingerprint density at radius 2 is 2.06 bits per heavy atom. The quantitative estimate of drug-likeness (QED) is 0.726. The summed E-state index contributed by atoms with van der Waals surface area (Å²) in [5, 5.41) is 2.88. The maximum Gasteiger partial charge on any atom is 0.414 e. The number of alkyl halides is 3. The number of esters is 1. The number of carbonyl (C=O) groups is 1. The van der Waals surface area contributed by atoms with Gasteiger partial charge in [0.2, 0.25) is 0 Å². The molecule has 17 heavy (non-hydrogen) atoms. The Kier molecular flexibility index (Phi) is 4.76. The minimum atomic E-state index is -4.42. The standard InChI is InChI=1S/C10H16F3NO3/c1-6(10(11,12)13)17-5-8(9(15)16-2)14-7-3-4-7/h6-8,14H,3-5H2,1-2H3. The number of ether oxygens (including phenoxy) is 2. The first-order valence-electron chi connectivity index (χ1n) is 5.36. The van der Waals surface area contributed by atoms with Crippen LogP contribution in [-0.2, 0) is 14.3 Å². The molecule has 100 valence electrons. The van der Waals surface area contributed by atoms with E-state index in [1.807, 2.05) is 0 Å². The topological polar surface area (TPSA) is 47.6 Å². The highest BCUT2D eigenvalue weighted by Crippen LogP contribution is 2.23. The second-order valence-electron chi connectivity index (χ2n) is 4.03. The van der Waals surface area contributed by atoms with Crippen molar-refractivity contribution < 1.29 is 27.4 Å². The molecule has 0 aromatic heterocycles. The van der Waals surface area contributed by atoms with Crippen molar-refractivity contribution in [1.82, 2.24) is 5.32 Å². The smallest absolute Gasteiger partial charge is 0.414 e. The van der Waals surface area contributed by atoms with E-state index < -0.39 is 24.3 Å². The summed E-state index contributed by atoms with van der Waals surface area (Å²) in [6.45, 7) is 0.565. The molecular weight excluding hydrogens is 239 g/mol. The predicted molar refractivity (Wildman–Crippen MR) is 53.4 cm³/mol. The van der Waals surface area contributed by atoms with Gasteiger partial charge in [-0.05, 0) is 19.8 Å². The van der Waals surface area contributed by atoms with Gasteiger partial charge in [-0.25, -0.2) is 0 Å². The molecule has 0 spiro atoms. The Balaban J connectivity index is 2.40. The minimum Gasteiger partial charge on any atom is -0.468 e. The van der Waals surface area contributed by atoms with E-state index in [2.05, 4.69) is 14.8 Å². The highest BCUT2D eigenvalue weighted by Gasteiger charge is 2.38. The highest BCUT2D eigenvalue weighted by atomic mass is 19.4. The Morgan fingerprint density at radius 1 is 1.47 bits per heavy atom. The van der Waals surface area contributed by atoms with Crippen LogP contribution in [0.25, 0.3) is 0 Å². The third-order valence-corrected chi connectivity index (χ3v) is 2.47. The molecule has 4 nitrogen and oxygen atoms in total. The molecule has 0 aromatic rings. The molecule has 2 unspecified atom stereocenters. The summed E-state index contributed by atoms with van der Waals surface area (Å²) in [5.41, 5.74) is 0. The first-order chi connectivity index (χ1) is 7.84. The summed E-state index contributed by atoms with van der Waals surface area (Å²) in [5.74, 6) is -0.605. The average Bonchev–Trinajstić information content (AvgIpc) is 3.04. The number of carbonyl (C=O) groups excluding carboxylic acids is 1. The summed E-state index contributed by atoms with van der Waals surface area (Å²) in [6, 6.07) is -0.652. The largest absolute Gasteiger partial charge is 0.468 e. The van der Waals surface area contributed by atoms with Crippen LogP contribution in [0.2, 0.25) is 0 Å². The molecule has 1 saturated carbocycles. The molecule has 2 atom stereocenters. The fraction of sp³-hybridized carbons (Fsp3) is 0.900. The Morgan fingerprint density at radius 3 is 2.47 bits per heavy atom. The Labute approximate surface area is 97.5 Å². The average molecular weight is 255 g/mol. The van der Waals surface area contributed by atoms with Crippen LogP contribution in [-0.4, -0.2) is 44.0 Å². The monoisotopic (exact) mass is 255 g/mol. The maximum absolute atomic E-state index is 12.2. The van der Waals surface area contributed by atoms with Gasteiger partial charge < -0.3 is 9.47 Å². The van der Waals surface area contributed by atoms with E-state index in [0.717, 1.165) is 19.8 Å². The lowest BCUT2D eigenvalue weighted by molar-refractivity contribution is -0.216. The molecule has 0 heterocycles. The van der Waals surface area contributed by atoms with Crippen LogP contribution >= 0.6 is 0 Å². The number of methoxy groups -OCH3 is 1. The molecule has 1 aliphatic carbocycles. The van der Waals surface area contributed by atoms with Gasteiger partial charge in [0.15, 0.2) is 6.10 Å². The number of hydrogen-bond acceptors (Lipinski definition) is 4. The van der Waals surface area contributed by atoms with Crippen molar-refractivity contribution in [2.45, 2.75) is 44.1 Å². The van der Waals surface area contributed by atoms with Gasteiger partial charge in [0, 0.05) is 6.04 Å². The normalized spacial score (nSPS) is 19.8. The van der Waals surface area contributed by atoms with Crippen LogP contribution in [0.15, 0.2) is 0 Å². The van der Waals surface area contributed by atoms with Crippen LogP contribution in [0.1, 0.15) is 19.8 Å². The lowest BCUT2D eigenvalue weighted by Crippen LogP contribution is -2.44. The second kappa shape index (κ2) is 5.68. The molecule has 0 saturated heterocycles. The number of nitrogens with one attached hydrogen (secondary N) is 1.